The molecule has 0 aromatic heterocycles. The first-order chi connectivity index (χ1) is 16.3. The Hall–Kier alpha value is -3.27. The summed E-state index contributed by atoms with van der Waals surface area (Å²) in [6.45, 7) is 1.84. The summed E-state index contributed by atoms with van der Waals surface area (Å²) in [5.74, 6) is 1.79. The number of rotatable bonds is 4. The van der Waals surface area contributed by atoms with Crippen LogP contribution in [-0.2, 0) is 4.79 Å². The predicted octanol–water partition coefficient (Wildman–Crippen LogP) is 6.06. The highest BCUT2D eigenvalue weighted by atomic mass is 16.5. The highest BCUT2D eigenvalue weighted by molar-refractivity contribution is 5.96. The SMILES string of the molecule is O=C(COc1ccc(C2Nc3c(ccc4ccccc34)C3C=CCC32)cc1)N1CCCCC1. The lowest BCUT2D eigenvalue weighted by Gasteiger charge is -2.38. The molecule has 1 aliphatic carbocycles. The number of amides is 1. The molecule has 6 rings (SSSR count). The zero-order valence-electron chi connectivity index (χ0n) is 18.9. The first-order valence-electron chi connectivity index (χ1n) is 12.2. The molecular weight excluding hydrogens is 408 g/mol. The van der Waals surface area contributed by atoms with E-state index in [1.54, 1.807) is 0 Å². The van der Waals surface area contributed by atoms with Crippen LogP contribution in [0.4, 0.5) is 5.69 Å². The van der Waals surface area contributed by atoms with Crippen molar-refractivity contribution in [2.75, 3.05) is 25.0 Å². The number of carbonyl (C=O) groups excluding carboxylic acids is 1. The lowest BCUT2D eigenvalue weighted by atomic mass is 9.76. The van der Waals surface area contributed by atoms with Crippen molar-refractivity contribution in [2.24, 2.45) is 5.92 Å². The van der Waals surface area contributed by atoms with Crippen molar-refractivity contribution in [3.8, 4) is 5.75 Å². The number of fused-ring (bicyclic) bond motifs is 5. The lowest BCUT2D eigenvalue weighted by molar-refractivity contribution is -0.134. The maximum Gasteiger partial charge on any atom is 0.260 e. The number of ether oxygens (including phenoxy) is 1. The zero-order valence-corrected chi connectivity index (χ0v) is 18.9. The van der Waals surface area contributed by atoms with Gasteiger partial charge in [0.2, 0.25) is 0 Å². The minimum atomic E-state index is 0.0936. The Morgan fingerprint density at radius 1 is 0.970 bits per heavy atom. The summed E-state index contributed by atoms with van der Waals surface area (Å²) in [7, 11) is 0. The van der Waals surface area contributed by atoms with Crippen molar-refractivity contribution in [3.05, 3.63) is 83.9 Å². The van der Waals surface area contributed by atoms with Gasteiger partial charge >= 0.3 is 0 Å². The molecule has 2 heterocycles. The average Bonchev–Trinajstić information content (AvgIpc) is 3.38. The van der Waals surface area contributed by atoms with Gasteiger partial charge in [-0.05, 0) is 60.2 Å². The number of anilines is 1. The van der Waals surface area contributed by atoms with Crippen LogP contribution in [0.15, 0.2) is 72.8 Å². The summed E-state index contributed by atoms with van der Waals surface area (Å²) >= 11 is 0. The number of hydrogen-bond acceptors (Lipinski definition) is 3. The molecule has 3 unspecified atom stereocenters. The fourth-order valence-corrected chi connectivity index (χ4v) is 5.82. The van der Waals surface area contributed by atoms with Crippen LogP contribution in [0.5, 0.6) is 5.75 Å². The number of nitrogens with one attached hydrogen (secondary N) is 1. The predicted molar refractivity (Wildman–Crippen MR) is 133 cm³/mol. The van der Waals surface area contributed by atoms with Crippen molar-refractivity contribution >= 4 is 22.4 Å². The van der Waals surface area contributed by atoms with Crippen LogP contribution in [-0.4, -0.2) is 30.5 Å². The molecule has 3 aromatic rings. The summed E-state index contributed by atoms with van der Waals surface area (Å²) < 4.78 is 5.84. The van der Waals surface area contributed by atoms with Crippen LogP contribution >= 0.6 is 0 Å². The van der Waals surface area contributed by atoms with Gasteiger partial charge in [0.1, 0.15) is 5.75 Å². The molecule has 0 radical (unpaired) electrons. The van der Waals surface area contributed by atoms with Crippen LogP contribution in [0.2, 0.25) is 0 Å². The van der Waals surface area contributed by atoms with Gasteiger partial charge < -0.3 is 15.0 Å². The van der Waals surface area contributed by atoms with E-state index in [4.69, 9.17) is 4.74 Å². The second-order valence-corrected chi connectivity index (χ2v) is 9.53. The highest BCUT2D eigenvalue weighted by Crippen LogP contribution is 2.51. The molecule has 3 aliphatic rings. The Kier molecular flexibility index (Phi) is 5.29. The van der Waals surface area contributed by atoms with Crippen molar-refractivity contribution < 1.29 is 9.53 Å². The maximum absolute atomic E-state index is 12.4. The van der Waals surface area contributed by atoms with E-state index < -0.39 is 0 Å². The number of nitrogens with zero attached hydrogens (tertiary/aromatic N) is 1. The van der Waals surface area contributed by atoms with Crippen LogP contribution in [0.1, 0.15) is 48.8 Å². The molecule has 3 atom stereocenters. The van der Waals surface area contributed by atoms with E-state index >= 15 is 0 Å². The lowest BCUT2D eigenvalue weighted by Crippen LogP contribution is -2.38. The molecule has 0 spiro atoms. The third-order valence-corrected chi connectivity index (χ3v) is 7.57. The smallest absolute Gasteiger partial charge is 0.260 e. The number of benzene rings is 3. The summed E-state index contributed by atoms with van der Waals surface area (Å²) in [5.41, 5.74) is 3.93. The molecule has 168 valence electrons. The second kappa shape index (κ2) is 8.58. The van der Waals surface area contributed by atoms with Gasteiger partial charge in [-0.25, -0.2) is 0 Å². The van der Waals surface area contributed by atoms with E-state index in [1.165, 1.54) is 34.0 Å². The fraction of sp³-hybridized carbons (Fsp3) is 0.345. The molecule has 1 N–H and O–H groups in total. The van der Waals surface area contributed by atoms with Gasteiger partial charge in [-0.15, -0.1) is 0 Å². The third kappa shape index (κ3) is 3.78. The molecule has 0 saturated carbocycles. The monoisotopic (exact) mass is 438 g/mol. The van der Waals surface area contributed by atoms with Crippen LogP contribution < -0.4 is 10.1 Å². The minimum absolute atomic E-state index is 0.0936. The van der Waals surface area contributed by atoms with E-state index in [9.17, 15) is 4.79 Å². The molecule has 2 aliphatic heterocycles. The fourth-order valence-electron chi connectivity index (χ4n) is 5.82. The highest BCUT2D eigenvalue weighted by Gasteiger charge is 2.38. The number of allylic oxidation sites excluding steroid dienone is 2. The van der Waals surface area contributed by atoms with Crippen LogP contribution in [0, 0.1) is 5.92 Å². The molecule has 4 heteroatoms. The van der Waals surface area contributed by atoms with E-state index in [1.807, 2.05) is 17.0 Å². The van der Waals surface area contributed by atoms with Gasteiger partial charge in [-0.1, -0.05) is 60.7 Å². The summed E-state index contributed by atoms with van der Waals surface area (Å²) in [6, 6.07) is 21.7. The van der Waals surface area contributed by atoms with Crippen LogP contribution in [0.3, 0.4) is 0 Å². The summed E-state index contributed by atoms with van der Waals surface area (Å²) in [4.78, 5) is 14.3. The van der Waals surface area contributed by atoms with Crippen LogP contribution in [0.25, 0.3) is 10.8 Å². The molecular formula is C29H30N2O2. The Labute approximate surface area is 195 Å². The first-order valence-corrected chi connectivity index (χ1v) is 12.2. The van der Waals surface area contributed by atoms with Gasteiger partial charge in [-0.2, -0.15) is 0 Å². The maximum atomic E-state index is 12.4. The van der Waals surface area contributed by atoms with Gasteiger partial charge in [0.05, 0.1) is 6.04 Å². The van der Waals surface area contributed by atoms with E-state index in [-0.39, 0.29) is 18.6 Å². The topological polar surface area (TPSA) is 41.6 Å². The quantitative estimate of drug-likeness (QED) is 0.504. The number of hydrogen-bond donors (Lipinski definition) is 1. The van der Waals surface area contributed by atoms with Gasteiger partial charge in [0, 0.05) is 30.1 Å². The van der Waals surface area contributed by atoms with E-state index in [0.717, 1.165) is 38.1 Å². The number of piperidine rings is 1. The van der Waals surface area contributed by atoms with Gasteiger partial charge in [-0.3, -0.25) is 4.79 Å². The largest absolute Gasteiger partial charge is 0.484 e. The number of carbonyl (C=O) groups is 1. The van der Waals surface area contributed by atoms with Crippen molar-refractivity contribution in [2.45, 2.75) is 37.6 Å². The second-order valence-electron chi connectivity index (χ2n) is 9.53. The first kappa shape index (κ1) is 20.3. The van der Waals surface area contributed by atoms with Crippen molar-refractivity contribution in [1.29, 1.82) is 0 Å². The minimum Gasteiger partial charge on any atom is -0.484 e. The Morgan fingerprint density at radius 3 is 2.64 bits per heavy atom. The molecule has 4 nitrogen and oxygen atoms in total. The van der Waals surface area contributed by atoms with Crippen molar-refractivity contribution in [1.82, 2.24) is 4.90 Å². The third-order valence-electron chi connectivity index (χ3n) is 7.57. The number of likely N-dealkylation sites (tertiary alicyclic amines) is 1. The molecule has 0 bridgehead atoms. The average molecular weight is 439 g/mol. The molecule has 1 fully saturated rings. The van der Waals surface area contributed by atoms with Crippen molar-refractivity contribution in [3.63, 3.8) is 0 Å². The molecule has 1 saturated heterocycles. The standard InChI is InChI=1S/C29H30N2O2/c32-27(31-17-4-1-5-18-31)19-33-22-14-11-21(12-15-22)28-25-10-6-9-24(25)26-16-13-20-7-2-3-8-23(20)29(26)30-28/h2-3,6-9,11-16,24-25,28,30H,1,4-5,10,17-19H2. The van der Waals surface area contributed by atoms with E-state index in [0.29, 0.717) is 11.8 Å². The summed E-state index contributed by atoms with van der Waals surface area (Å²) in [6.07, 6.45) is 9.22. The molecule has 33 heavy (non-hydrogen) atoms. The van der Waals surface area contributed by atoms with E-state index in [2.05, 4.69) is 66.0 Å². The summed E-state index contributed by atoms with van der Waals surface area (Å²) in [5, 5.41) is 6.45. The molecule has 3 aromatic carbocycles. The zero-order chi connectivity index (χ0) is 22.2. The normalized spacial score (nSPS) is 23.6. The Morgan fingerprint density at radius 2 is 1.79 bits per heavy atom. The van der Waals surface area contributed by atoms with Gasteiger partial charge in [0.25, 0.3) is 5.91 Å². The van der Waals surface area contributed by atoms with Gasteiger partial charge in [0.15, 0.2) is 6.61 Å². The Bertz CT molecular complexity index is 1190. The Balaban J connectivity index is 1.21. The molecule has 1 amide bonds.